The molecule has 3 rings (SSSR count). The van der Waals surface area contributed by atoms with Crippen molar-refractivity contribution in [2.75, 3.05) is 13.1 Å². The van der Waals surface area contributed by atoms with Gasteiger partial charge in [-0.2, -0.15) is 0 Å². The van der Waals surface area contributed by atoms with E-state index in [2.05, 4.69) is 5.32 Å². The van der Waals surface area contributed by atoms with Gasteiger partial charge in [0.1, 0.15) is 0 Å². The molecule has 1 fully saturated rings. The zero-order valence-corrected chi connectivity index (χ0v) is 10.7. The van der Waals surface area contributed by atoms with Crippen LogP contribution in [0.25, 0.3) is 10.8 Å². The fourth-order valence-corrected chi connectivity index (χ4v) is 2.79. The highest BCUT2D eigenvalue weighted by molar-refractivity contribution is 5.83. The number of alkyl halides is 2. The Kier molecular flexibility index (Phi) is 3.23. The van der Waals surface area contributed by atoms with E-state index in [1.807, 2.05) is 24.3 Å². The average Bonchev–Trinajstić information content (AvgIpc) is 2.90. The minimum absolute atomic E-state index is 0.0572. The van der Waals surface area contributed by atoms with Gasteiger partial charge in [0.15, 0.2) is 0 Å². The molecule has 0 spiro atoms. The summed E-state index contributed by atoms with van der Waals surface area (Å²) in [7, 11) is 0. The quantitative estimate of drug-likeness (QED) is 0.882. The maximum atomic E-state index is 14.3. The third-order valence-corrected chi connectivity index (χ3v) is 3.88. The van der Waals surface area contributed by atoms with Crippen LogP contribution in [0.2, 0.25) is 0 Å². The van der Waals surface area contributed by atoms with E-state index in [1.165, 1.54) is 0 Å². The van der Waals surface area contributed by atoms with Crippen molar-refractivity contribution >= 4 is 10.8 Å². The summed E-state index contributed by atoms with van der Waals surface area (Å²) in [5, 5.41) is 5.03. The lowest BCUT2D eigenvalue weighted by atomic mass is 9.94. The van der Waals surface area contributed by atoms with E-state index < -0.39 is 5.92 Å². The van der Waals surface area contributed by atoms with Gasteiger partial charge in [0.2, 0.25) is 0 Å². The Morgan fingerprint density at radius 1 is 1.11 bits per heavy atom. The van der Waals surface area contributed by atoms with Crippen LogP contribution in [0.15, 0.2) is 42.5 Å². The van der Waals surface area contributed by atoms with Crippen LogP contribution in [0.4, 0.5) is 8.78 Å². The zero-order chi connectivity index (χ0) is 13.3. The summed E-state index contributed by atoms with van der Waals surface area (Å²) in [6.45, 7) is 1.57. The first-order chi connectivity index (χ1) is 9.15. The smallest absolute Gasteiger partial charge is 0.273 e. The highest BCUT2D eigenvalue weighted by Crippen LogP contribution is 2.37. The maximum Gasteiger partial charge on any atom is 0.273 e. The number of halogens is 2. The molecule has 1 aliphatic rings. The van der Waals surface area contributed by atoms with Crippen LogP contribution >= 0.6 is 0 Å². The van der Waals surface area contributed by atoms with Crippen molar-refractivity contribution in [3.8, 4) is 0 Å². The second kappa shape index (κ2) is 4.89. The van der Waals surface area contributed by atoms with Crippen LogP contribution in [0, 0.1) is 5.92 Å². The first-order valence-corrected chi connectivity index (χ1v) is 6.73. The summed E-state index contributed by atoms with van der Waals surface area (Å²) in [5.74, 6) is -2.65. The van der Waals surface area contributed by atoms with Gasteiger partial charge in [0.25, 0.3) is 5.92 Å². The van der Waals surface area contributed by atoms with Gasteiger partial charge >= 0.3 is 0 Å². The fraction of sp³-hybridized carbons (Fsp3) is 0.375. The topological polar surface area (TPSA) is 12.0 Å². The van der Waals surface area contributed by atoms with Crippen molar-refractivity contribution in [1.29, 1.82) is 0 Å². The van der Waals surface area contributed by atoms with Crippen LogP contribution in [0.5, 0.6) is 0 Å². The summed E-state index contributed by atoms with van der Waals surface area (Å²) in [5.41, 5.74) is 0.137. The molecule has 0 amide bonds. The van der Waals surface area contributed by atoms with Crippen molar-refractivity contribution in [1.82, 2.24) is 5.32 Å². The van der Waals surface area contributed by atoms with Crippen molar-refractivity contribution in [3.05, 3.63) is 48.0 Å². The normalized spacial score (nSPS) is 20.0. The molecule has 0 bridgehead atoms. The van der Waals surface area contributed by atoms with E-state index >= 15 is 0 Å². The summed E-state index contributed by atoms with van der Waals surface area (Å²) < 4.78 is 28.6. The second-order valence-corrected chi connectivity index (χ2v) is 5.33. The highest BCUT2D eigenvalue weighted by Gasteiger charge is 2.35. The molecule has 0 aliphatic carbocycles. The van der Waals surface area contributed by atoms with Gasteiger partial charge in [-0.15, -0.1) is 0 Å². The number of rotatable bonds is 3. The molecular formula is C16H17F2N. The van der Waals surface area contributed by atoms with Gasteiger partial charge in [0, 0.05) is 12.0 Å². The van der Waals surface area contributed by atoms with Crippen LogP contribution in [-0.2, 0) is 5.92 Å². The van der Waals surface area contributed by atoms with Gasteiger partial charge in [-0.1, -0.05) is 36.4 Å². The van der Waals surface area contributed by atoms with E-state index in [4.69, 9.17) is 0 Å². The molecule has 1 saturated heterocycles. The monoisotopic (exact) mass is 261 g/mol. The first kappa shape index (κ1) is 12.5. The van der Waals surface area contributed by atoms with Crippen LogP contribution in [-0.4, -0.2) is 13.1 Å². The molecule has 2 aromatic rings. The largest absolute Gasteiger partial charge is 0.316 e. The third-order valence-electron chi connectivity index (χ3n) is 3.88. The van der Waals surface area contributed by atoms with Gasteiger partial charge in [0.05, 0.1) is 0 Å². The maximum absolute atomic E-state index is 14.3. The Hall–Kier alpha value is -1.48. The predicted octanol–water partition coefficient (Wildman–Crippen LogP) is 3.93. The molecule has 1 nitrogen and oxygen atoms in total. The minimum Gasteiger partial charge on any atom is -0.316 e. The lowest BCUT2D eigenvalue weighted by Crippen LogP contribution is -2.20. The molecule has 1 aliphatic heterocycles. The lowest BCUT2D eigenvalue weighted by molar-refractivity contribution is -0.0267. The van der Waals surface area contributed by atoms with Gasteiger partial charge in [-0.25, -0.2) is 8.78 Å². The van der Waals surface area contributed by atoms with E-state index in [0.29, 0.717) is 6.54 Å². The predicted molar refractivity (Wildman–Crippen MR) is 73.4 cm³/mol. The lowest BCUT2D eigenvalue weighted by Gasteiger charge is -2.20. The molecule has 100 valence electrons. The molecule has 0 saturated carbocycles. The van der Waals surface area contributed by atoms with Gasteiger partial charge in [-0.3, -0.25) is 0 Å². The number of fused-ring (bicyclic) bond motifs is 1. The molecule has 1 N–H and O–H groups in total. The van der Waals surface area contributed by atoms with Crippen molar-refractivity contribution < 1.29 is 8.78 Å². The van der Waals surface area contributed by atoms with Crippen molar-refractivity contribution in [2.24, 2.45) is 5.92 Å². The van der Waals surface area contributed by atoms with E-state index in [0.717, 1.165) is 23.7 Å². The molecule has 1 atom stereocenters. The third kappa shape index (κ3) is 2.61. The number of benzene rings is 2. The summed E-state index contributed by atoms with van der Waals surface area (Å²) in [6, 6.07) is 12.6. The summed E-state index contributed by atoms with van der Waals surface area (Å²) >= 11 is 0. The first-order valence-electron chi connectivity index (χ1n) is 6.73. The molecule has 2 aromatic carbocycles. The highest BCUT2D eigenvalue weighted by atomic mass is 19.3. The van der Waals surface area contributed by atoms with E-state index in [9.17, 15) is 8.78 Å². The average molecular weight is 261 g/mol. The summed E-state index contributed by atoms with van der Waals surface area (Å²) in [6.07, 6.45) is 0.793. The van der Waals surface area contributed by atoms with Crippen LogP contribution in [0.3, 0.4) is 0 Å². The Morgan fingerprint density at radius 3 is 2.63 bits per heavy atom. The Morgan fingerprint density at radius 2 is 1.89 bits per heavy atom. The number of hydrogen-bond acceptors (Lipinski definition) is 1. The summed E-state index contributed by atoms with van der Waals surface area (Å²) in [4.78, 5) is 0. The second-order valence-electron chi connectivity index (χ2n) is 5.33. The Bertz CT molecular complexity index is 574. The molecule has 19 heavy (non-hydrogen) atoms. The SMILES string of the molecule is FC(F)(CC1CCNC1)c1ccc2ccccc2c1. The number of hydrogen-bond donors (Lipinski definition) is 1. The van der Waals surface area contributed by atoms with Gasteiger partial charge in [-0.05, 0) is 42.3 Å². The molecule has 1 heterocycles. The van der Waals surface area contributed by atoms with Gasteiger partial charge < -0.3 is 5.32 Å². The van der Waals surface area contributed by atoms with Crippen LogP contribution < -0.4 is 5.32 Å². The standard InChI is InChI=1S/C16H17F2N/c17-16(18,10-12-7-8-19-11-12)15-6-5-13-3-1-2-4-14(13)9-15/h1-6,9,12,19H,7-8,10-11H2. The van der Waals surface area contributed by atoms with Crippen molar-refractivity contribution in [2.45, 2.75) is 18.8 Å². The minimum atomic E-state index is -2.74. The van der Waals surface area contributed by atoms with Crippen LogP contribution in [0.1, 0.15) is 18.4 Å². The molecular weight excluding hydrogens is 244 g/mol. The molecule has 3 heteroatoms. The Labute approximate surface area is 111 Å². The van der Waals surface area contributed by atoms with E-state index in [-0.39, 0.29) is 17.9 Å². The number of nitrogens with one attached hydrogen (secondary N) is 1. The zero-order valence-electron chi connectivity index (χ0n) is 10.7. The molecule has 1 unspecified atom stereocenters. The molecule has 0 radical (unpaired) electrons. The fourth-order valence-electron chi connectivity index (χ4n) is 2.79. The van der Waals surface area contributed by atoms with E-state index in [1.54, 1.807) is 18.2 Å². The molecule has 0 aromatic heterocycles. The van der Waals surface area contributed by atoms with Crippen molar-refractivity contribution in [3.63, 3.8) is 0 Å². The Balaban J connectivity index is 1.88.